The second-order valence-electron chi connectivity index (χ2n) is 3.01. The van der Waals surface area contributed by atoms with Crippen molar-refractivity contribution >= 4 is 16.2 Å². The summed E-state index contributed by atoms with van der Waals surface area (Å²) in [6.07, 6.45) is 0.608. The number of rotatable bonds is 3. The Hall–Kier alpha value is -0.650. The molecule has 76 valence electrons. The van der Waals surface area contributed by atoms with E-state index >= 15 is 0 Å². The molecule has 0 N–H and O–H groups in total. The van der Waals surface area contributed by atoms with Gasteiger partial charge in [0, 0.05) is 0 Å². The van der Waals surface area contributed by atoms with Crippen molar-refractivity contribution in [1.82, 2.24) is 0 Å². The van der Waals surface area contributed by atoms with Crippen LogP contribution in [0.3, 0.4) is 0 Å². The molecule has 0 aliphatic heterocycles. The number of halogens is 1. The predicted molar refractivity (Wildman–Crippen MR) is 43.2 cm³/mol. The number of ether oxygens (including phenoxy) is 1. The molecule has 1 aliphatic carbocycles. The normalized spacial score (nSPS) is 20.5. The minimum atomic E-state index is -4.82. The summed E-state index contributed by atoms with van der Waals surface area (Å²) < 4.78 is 36.7. The Bertz CT molecular complexity index is 304. The van der Waals surface area contributed by atoms with E-state index in [0.29, 0.717) is 6.42 Å². The Morgan fingerprint density at radius 3 is 2.31 bits per heavy atom. The Morgan fingerprint density at radius 1 is 1.54 bits per heavy atom. The minimum absolute atomic E-state index is 0.0324. The summed E-state index contributed by atoms with van der Waals surface area (Å²) in [4.78, 5) is 11.2. The molecule has 1 rings (SSSR count). The zero-order valence-electron chi connectivity index (χ0n) is 7.25. The SMILES string of the molecule is CCOC(=O)C1(S(=O)(=O)F)CCC1. The molecule has 0 bridgehead atoms. The highest BCUT2D eigenvalue weighted by Crippen LogP contribution is 2.41. The van der Waals surface area contributed by atoms with E-state index in [1.54, 1.807) is 6.92 Å². The van der Waals surface area contributed by atoms with E-state index in [4.69, 9.17) is 0 Å². The molecule has 1 fully saturated rings. The molecule has 0 spiro atoms. The summed E-state index contributed by atoms with van der Waals surface area (Å²) in [5, 5.41) is 0. The lowest BCUT2D eigenvalue weighted by molar-refractivity contribution is -0.148. The van der Waals surface area contributed by atoms with E-state index in [0.717, 1.165) is 0 Å². The first-order valence-corrected chi connectivity index (χ1v) is 5.44. The summed E-state index contributed by atoms with van der Waals surface area (Å²) in [7, 11) is -4.82. The monoisotopic (exact) mass is 210 g/mol. The molecule has 0 saturated heterocycles. The van der Waals surface area contributed by atoms with Gasteiger partial charge in [-0.3, -0.25) is 4.79 Å². The first-order valence-electron chi connectivity index (χ1n) is 4.05. The van der Waals surface area contributed by atoms with Crippen LogP contribution in [-0.2, 0) is 19.8 Å². The van der Waals surface area contributed by atoms with Crippen LogP contribution in [0.5, 0.6) is 0 Å². The highest BCUT2D eigenvalue weighted by molar-refractivity contribution is 7.88. The van der Waals surface area contributed by atoms with Gasteiger partial charge in [0.2, 0.25) is 0 Å². The van der Waals surface area contributed by atoms with Gasteiger partial charge in [-0.05, 0) is 26.2 Å². The summed E-state index contributed by atoms with van der Waals surface area (Å²) in [5.41, 5.74) is 0. The molecule has 6 heteroatoms. The topological polar surface area (TPSA) is 60.4 Å². The number of esters is 1. The number of hydrogen-bond acceptors (Lipinski definition) is 4. The van der Waals surface area contributed by atoms with Crippen LogP contribution in [0.4, 0.5) is 3.89 Å². The van der Waals surface area contributed by atoms with Crippen LogP contribution in [0.2, 0.25) is 0 Å². The van der Waals surface area contributed by atoms with Gasteiger partial charge in [0.15, 0.2) is 4.75 Å². The Balaban J connectivity index is 2.89. The van der Waals surface area contributed by atoms with Gasteiger partial charge in [0.25, 0.3) is 0 Å². The predicted octanol–water partition coefficient (Wildman–Crippen LogP) is 0.772. The first-order chi connectivity index (χ1) is 5.94. The zero-order valence-corrected chi connectivity index (χ0v) is 8.06. The van der Waals surface area contributed by atoms with E-state index in [1.165, 1.54) is 0 Å². The average Bonchev–Trinajstić information content (AvgIpc) is 1.80. The van der Waals surface area contributed by atoms with Gasteiger partial charge in [-0.2, -0.15) is 8.42 Å². The van der Waals surface area contributed by atoms with Crippen LogP contribution in [0.1, 0.15) is 26.2 Å². The molecular weight excluding hydrogens is 199 g/mol. The second-order valence-corrected chi connectivity index (χ2v) is 4.66. The molecule has 0 radical (unpaired) electrons. The minimum Gasteiger partial charge on any atom is -0.465 e. The molecule has 4 nitrogen and oxygen atoms in total. The van der Waals surface area contributed by atoms with E-state index in [2.05, 4.69) is 4.74 Å². The van der Waals surface area contributed by atoms with Crippen LogP contribution < -0.4 is 0 Å². The van der Waals surface area contributed by atoms with Gasteiger partial charge < -0.3 is 4.74 Å². The molecule has 0 amide bonds. The number of carbonyl (C=O) groups excluding carboxylic acids is 1. The van der Waals surface area contributed by atoms with Crippen molar-refractivity contribution in [3.8, 4) is 0 Å². The molecule has 0 aromatic rings. The van der Waals surface area contributed by atoms with Crippen molar-refractivity contribution in [2.45, 2.75) is 30.9 Å². The fraction of sp³-hybridized carbons (Fsp3) is 0.857. The maximum absolute atomic E-state index is 12.7. The molecular formula is C7H11FO4S. The molecule has 0 heterocycles. The van der Waals surface area contributed by atoms with E-state index in [9.17, 15) is 17.1 Å². The van der Waals surface area contributed by atoms with Gasteiger partial charge in [-0.25, -0.2) is 0 Å². The van der Waals surface area contributed by atoms with Crippen LogP contribution in [0.15, 0.2) is 0 Å². The summed E-state index contributed by atoms with van der Waals surface area (Å²) in [6, 6.07) is 0. The molecule has 13 heavy (non-hydrogen) atoms. The quantitative estimate of drug-likeness (QED) is 0.510. The highest BCUT2D eigenvalue weighted by Gasteiger charge is 2.57. The van der Waals surface area contributed by atoms with Crippen molar-refractivity contribution < 1.29 is 21.8 Å². The van der Waals surface area contributed by atoms with Crippen molar-refractivity contribution in [2.75, 3.05) is 6.61 Å². The van der Waals surface area contributed by atoms with Crippen LogP contribution in [-0.4, -0.2) is 25.7 Å². The van der Waals surface area contributed by atoms with Crippen molar-refractivity contribution in [1.29, 1.82) is 0 Å². The van der Waals surface area contributed by atoms with Crippen molar-refractivity contribution in [3.63, 3.8) is 0 Å². The number of hydrogen-bond donors (Lipinski definition) is 0. The standard InChI is InChI=1S/C7H11FO4S/c1-2-12-6(9)7(4-3-5-7)13(8,10)11/h2-5H2,1H3. The fourth-order valence-electron chi connectivity index (χ4n) is 1.31. The summed E-state index contributed by atoms with van der Waals surface area (Å²) >= 11 is 0. The molecule has 0 unspecified atom stereocenters. The third kappa shape index (κ3) is 1.54. The lowest BCUT2D eigenvalue weighted by atomic mass is 9.84. The van der Waals surface area contributed by atoms with Crippen LogP contribution in [0.25, 0.3) is 0 Å². The van der Waals surface area contributed by atoms with Gasteiger partial charge >= 0.3 is 16.2 Å². The smallest absolute Gasteiger partial charge is 0.330 e. The van der Waals surface area contributed by atoms with Crippen molar-refractivity contribution in [2.24, 2.45) is 0 Å². The molecule has 1 aliphatic rings. The molecule has 0 aromatic heterocycles. The fourth-order valence-corrected chi connectivity index (χ4v) is 2.34. The summed E-state index contributed by atoms with van der Waals surface area (Å²) in [6.45, 7) is 1.62. The lowest BCUT2D eigenvalue weighted by Gasteiger charge is -2.34. The average molecular weight is 210 g/mol. The summed E-state index contributed by atoms with van der Waals surface area (Å²) in [5.74, 6) is -0.955. The van der Waals surface area contributed by atoms with Gasteiger partial charge in [-0.1, -0.05) is 0 Å². The Morgan fingerprint density at radius 2 is 2.08 bits per heavy atom. The lowest BCUT2D eigenvalue weighted by Crippen LogP contribution is -2.51. The van der Waals surface area contributed by atoms with Crippen LogP contribution in [0, 0.1) is 0 Å². The van der Waals surface area contributed by atoms with Gasteiger partial charge in [-0.15, -0.1) is 3.89 Å². The molecule has 0 atom stereocenters. The maximum atomic E-state index is 12.7. The molecule has 1 saturated carbocycles. The number of carbonyl (C=O) groups is 1. The molecule has 0 aromatic carbocycles. The zero-order chi connectivity index (χ0) is 10.1. The van der Waals surface area contributed by atoms with E-state index in [-0.39, 0.29) is 19.4 Å². The Labute approximate surface area is 76.3 Å². The third-order valence-corrected chi connectivity index (χ3v) is 3.78. The largest absolute Gasteiger partial charge is 0.465 e. The van der Waals surface area contributed by atoms with Crippen molar-refractivity contribution in [3.05, 3.63) is 0 Å². The maximum Gasteiger partial charge on any atom is 0.330 e. The van der Waals surface area contributed by atoms with E-state index < -0.39 is 20.9 Å². The van der Waals surface area contributed by atoms with Gasteiger partial charge in [0.05, 0.1) is 6.61 Å². The Kier molecular flexibility index (Phi) is 2.61. The van der Waals surface area contributed by atoms with E-state index in [1.807, 2.05) is 0 Å². The third-order valence-electron chi connectivity index (χ3n) is 2.28. The van der Waals surface area contributed by atoms with Gasteiger partial charge in [0.1, 0.15) is 0 Å². The van der Waals surface area contributed by atoms with Crippen LogP contribution >= 0.6 is 0 Å². The first kappa shape index (κ1) is 10.4. The highest BCUT2D eigenvalue weighted by atomic mass is 32.3. The second kappa shape index (κ2) is 3.25.